The van der Waals surface area contributed by atoms with Crippen molar-refractivity contribution in [2.45, 2.75) is 32.2 Å². The van der Waals surface area contributed by atoms with Crippen LogP contribution < -0.4 is 10.3 Å². The molecule has 0 radical (unpaired) electrons. The van der Waals surface area contributed by atoms with E-state index in [0.717, 1.165) is 41.7 Å². The van der Waals surface area contributed by atoms with Crippen LogP contribution in [0.15, 0.2) is 47.3 Å². The lowest BCUT2D eigenvalue weighted by Crippen LogP contribution is -2.22. The number of aromatic amines is 1. The summed E-state index contributed by atoms with van der Waals surface area (Å²) in [6, 6.07) is 14.3. The molecule has 0 saturated heterocycles. The number of hydrogen-bond acceptors (Lipinski definition) is 2. The van der Waals surface area contributed by atoms with E-state index in [1.54, 1.807) is 4.68 Å². The zero-order valence-electron chi connectivity index (χ0n) is 13.0. The predicted octanol–water partition coefficient (Wildman–Crippen LogP) is 3.29. The van der Waals surface area contributed by atoms with E-state index < -0.39 is 0 Å². The van der Waals surface area contributed by atoms with Gasteiger partial charge in [0.05, 0.1) is 6.54 Å². The van der Waals surface area contributed by atoms with E-state index in [0.29, 0.717) is 13.2 Å². The minimum atomic E-state index is 0.127. The highest BCUT2D eigenvalue weighted by molar-refractivity contribution is 5.83. The molecule has 0 fully saturated rings. The summed E-state index contributed by atoms with van der Waals surface area (Å²) < 4.78 is 7.52. The smallest absolute Gasteiger partial charge is 0.270 e. The summed E-state index contributed by atoms with van der Waals surface area (Å²) >= 11 is 0. The molecule has 4 heteroatoms. The van der Waals surface area contributed by atoms with E-state index in [9.17, 15) is 4.79 Å². The first-order valence-electron chi connectivity index (χ1n) is 8.23. The Bertz CT molecular complexity index is 892. The van der Waals surface area contributed by atoms with Crippen LogP contribution in [0.25, 0.3) is 10.8 Å². The van der Waals surface area contributed by atoms with Crippen LogP contribution in [0, 0.1) is 0 Å². The van der Waals surface area contributed by atoms with Gasteiger partial charge < -0.3 is 4.74 Å². The lowest BCUT2D eigenvalue weighted by molar-refractivity contribution is 0.289. The van der Waals surface area contributed by atoms with Gasteiger partial charge in [-0.3, -0.25) is 9.89 Å². The highest BCUT2D eigenvalue weighted by Crippen LogP contribution is 2.20. The van der Waals surface area contributed by atoms with Crippen LogP contribution in [0.3, 0.4) is 0 Å². The van der Waals surface area contributed by atoms with Crippen molar-refractivity contribution in [3.63, 3.8) is 0 Å². The molecule has 1 aromatic heterocycles. The van der Waals surface area contributed by atoms with Gasteiger partial charge in [-0.15, -0.1) is 0 Å². The molecule has 1 aliphatic rings. The SMILES string of the molecule is O=c1c2c([nH]n1CCOc1ccc3ccccc3c1)CCCC2. The molecule has 0 atom stereocenters. The van der Waals surface area contributed by atoms with Gasteiger partial charge in [-0.2, -0.15) is 0 Å². The zero-order chi connectivity index (χ0) is 15.6. The normalized spacial score (nSPS) is 13.9. The van der Waals surface area contributed by atoms with Gasteiger partial charge in [-0.1, -0.05) is 30.3 Å². The second-order valence-electron chi connectivity index (χ2n) is 6.09. The molecule has 0 bridgehead atoms. The Morgan fingerprint density at radius 1 is 1.04 bits per heavy atom. The van der Waals surface area contributed by atoms with E-state index in [4.69, 9.17) is 4.74 Å². The highest BCUT2D eigenvalue weighted by atomic mass is 16.5. The van der Waals surface area contributed by atoms with Gasteiger partial charge in [0, 0.05) is 11.3 Å². The molecule has 4 rings (SSSR count). The zero-order valence-corrected chi connectivity index (χ0v) is 13.0. The molecule has 2 aromatic carbocycles. The van der Waals surface area contributed by atoms with Crippen molar-refractivity contribution in [3.8, 4) is 5.75 Å². The minimum absolute atomic E-state index is 0.127. The third kappa shape index (κ3) is 2.77. The number of ether oxygens (including phenoxy) is 1. The maximum atomic E-state index is 12.3. The van der Waals surface area contributed by atoms with Crippen LogP contribution in [-0.2, 0) is 19.4 Å². The van der Waals surface area contributed by atoms with Crippen molar-refractivity contribution in [3.05, 3.63) is 64.1 Å². The Labute approximate surface area is 134 Å². The average molecular weight is 308 g/mol. The van der Waals surface area contributed by atoms with E-state index >= 15 is 0 Å². The van der Waals surface area contributed by atoms with Gasteiger partial charge in [-0.25, -0.2) is 4.68 Å². The first kappa shape index (κ1) is 14.1. The number of benzene rings is 2. The summed E-state index contributed by atoms with van der Waals surface area (Å²) in [4.78, 5) is 12.3. The average Bonchev–Trinajstić information content (AvgIpc) is 2.91. The first-order chi connectivity index (χ1) is 11.3. The van der Waals surface area contributed by atoms with Crippen molar-refractivity contribution in [2.75, 3.05) is 6.61 Å². The van der Waals surface area contributed by atoms with Gasteiger partial charge in [0.2, 0.25) is 0 Å². The van der Waals surface area contributed by atoms with Gasteiger partial charge in [0.25, 0.3) is 5.56 Å². The van der Waals surface area contributed by atoms with Crippen LogP contribution >= 0.6 is 0 Å². The van der Waals surface area contributed by atoms with Gasteiger partial charge >= 0.3 is 0 Å². The fourth-order valence-corrected chi connectivity index (χ4v) is 3.31. The molecule has 118 valence electrons. The third-order valence-electron chi connectivity index (χ3n) is 4.55. The number of rotatable bonds is 4. The fraction of sp³-hybridized carbons (Fsp3) is 0.316. The number of aryl methyl sites for hydroxylation is 1. The molecule has 0 spiro atoms. The standard InChI is InChI=1S/C19H20N2O2/c22-19-17-7-3-4-8-18(17)20-21(19)11-12-23-16-10-9-14-5-1-2-6-15(14)13-16/h1-2,5-6,9-10,13,20H,3-4,7-8,11-12H2. The maximum Gasteiger partial charge on any atom is 0.270 e. The summed E-state index contributed by atoms with van der Waals surface area (Å²) in [7, 11) is 0. The Kier molecular flexibility index (Phi) is 3.66. The lowest BCUT2D eigenvalue weighted by Gasteiger charge is -2.08. The van der Waals surface area contributed by atoms with Crippen molar-refractivity contribution >= 4 is 10.8 Å². The summed E-state index contributed by atoms with van der Waals surface area (Å²) in [6.45, 7) is 1.04. The number of H-pyrrole nitrogens is 1. The van der Waals surface area contributed by atoms with E-state index in [2.05, 4.69) is 23.3 Å². The molecular formula is C19H20N2O2. The van der Waals surface area contributed by atoms with Gasteiger partial charge in [-0.05, 0) is 48.6 Å². The molecule has 23 heavy (non-hydrogen) atoms. The molecule has 1 aliphatic carbocycles. The third-order valence-corrected chi connectivity index (χ3v) is 4.55. The number of nitrogens with one attached hydrogen (secondary N) is 1. The molecular weight excluding hydrogens is 288 g/mol. The summed E-state index contributed by atoms with van der Waals surface area (Å²) in [5.74, 6) is 0.841. The van der Waals surface area contributed by atoms with E-state index in [1.165, 1.54) is 11.8 Å². The lowest BCUT2D eigenvalue weighted by atomic mass is 9.98. The molecule has 0 aliphatic heterocycles. The number of aromatic nitrogens is 2. The van der Waals surface area contributed by atoms with Crippen LogP contribution in [0.2, 0.25) is 0 Å². The van der Waals surface area contributed by atoms with E-state index in [1.807, 2.05) is 24.3 Å². The van der Waals surface area contributed by atoms with Crippen molar-refractivity contribution in [2.24, 2.45) is 0 Å². The first-order valence-corrected chi connectivity index (χ1v) is 8.23. The van der Waals surface area contributed by atoms with Crippen molar-refractivity contribution < 1.29 is 4.74 Å². The quantitative estimate of drug-likeness (QED) is 0.804. The Balaban J connectivity index is 1.45. The van der Waals surface area contributed by atoms with Crippen LogP contribution in [-0.4, -0.2) is 16.4 Å². The Hall–Kier alpha value is -2.49. The van der Waals surface area contributed by atoms with Crippen molar-refractivity contribution in [1.29, 1.82) is 0 Å². The number of nitrogens with zero attached hydrogens (tertiary/aromatic N) is 1. The number of fused-ring (bicyclic) bond motifs is 2. The number of hydrogen-bond donors (Lipinski definition) is 1. The summed E-state index contributed by atoms with van der Waals surface area (Å²) in [5, 5.41) is 5.61. The van der Waals surface area contributed by atoms with E-state index in [-0.39, 0.29) is 5.56 Å². The molecule has 0 amide bonds. The minimum Gasteiger partial charge on any atom is -0.492 e. The molecule has 1 N–H and O–H groups in total. The van der Waals surface area contributed by atoms with Crippen molar-refractivity contribution in [1.82, 2.24) is 9.78 Å². The van der Waals surface area contributed by atoms with Crippen LogP contribution in [0.5, 0.6) is 5.75 Å². The van der Waals surface area contributed by atoms with Gasteiger partial charge in [0.1, 0.15) is 12.4 Å². The predicted molar refractivity (Wildman–Crippen MR) is 91.1 cm³/mol. The molecule has 4 nitrogen and oxygen atoms in total. The topological polar surface area (TPSA) is 47.0 Å². The second-order valence-corrected chi connectivity index (χ2v) is 6.09. The molecule has 3 aromatic rings. The monoisotopic (exact) mass is 308 g/mol. The van der Waals surface area contributed by atoms with Crippen LogP contribution in [0.4, 0.5) is 0 Å². The second kappa shape index (κ2) is 5.95. The summed E-state index contributed by atoms with van der Waals surface area (Å²) in [5.41, 5.74) is 2.22. The maximum absolute atomic E-state index is 12.3. The van der Waals surface area contributed by atoms with Gasteiger partial charge in [0.15, 0.2) is 0 Å². The largest absolute Gasteiger partial charge is 0.492 e. The molecule has 0 unspecified atom stereocenters. The summed E-state index contributed by atoms with van der Waals surface area (Å²) in [6.07, 6.45) is 4.18. The highest BCUT2D eigenvalue weighted by Gasteiger charge is 2.17. The van der Waals surface area contributed by atoms with Crippen LogP contribution in [0.1, 0.15) is 24.1 Å². The Morgan fingerprint density at radius 3 is 2.74 bits per heavy atom. The Morgan fingerprint density at radius 2 is 1.87 bits per heavy atom. The molecule has 1 heterocycles. The fourth-order valence-electron chi connectivity index (χ4n) is 3.31. The molecule has 0 saturated carbocycles.